The lowest BCUT2D eigenvalue weighted by molar-refractivity contribution is -0.157. The lowest BCUT2D eigenvalue weighted by atomic mass is 10.1. The molecule has 1 aliphatic carbocycles. The maximum absolute atomic E-state index is 12.5. The van der Waals surface area contributed by atoms with Crippen LogP contribution in [0, 0.1) is 5.92 Å². The van der Waals surface area contributed by atoms with E-state index < -0.39 is 30.5 Å². The molecule has 2 heterocycles. The van der Waals surface area contributed by atoms with E-state index in [0.29, 0.717) is 10.0 Å². The summed E-state index contributed by atoms with van der Waals surface area (Å²) >= 11 is 1.25. The van der Waals surface area contributed by atoms with Crippen molar-refractivity contribution in [3.8, 4) is 11.3 Å². The number of amides is 2. The van der Waals surface area contributed by atoms with Gasteiger partial charge in [0, 0.05) is 23.9 Å². The number of rotatable bonds is 4. The summed E-state index contributed by atoms with van der Waals surface area (Å²) in [5.74, 6) is -1.94. The lowest BCUT2D eigenvalue weighted by Gasteiger charge is -2.18. The van der Waals surface area contributed by atoms with Gasteiger partial charge >= 0.3 is 6.18 Å². The zero-order valence-electron chi connectivity index (χ0n) is 14.9. The third kappa shape index (κ3) is 4.04. The number of nitrogens with zero attached hydrogens (tertiary/aromatic N) is 2. The first-order valence-electron chi connectivity index (χ1n) is 9.01. The van der Waals surface area contributed by atoms with Crippen LogP contribution in [0.25, 0.3) is 11.3 Å². The molecule has 4 rings (SSSR count). The molecule has 1 unspecified atom stereocenters. The van der Waals surface area contributed by atoms with E-state index in [2.05, 4.69) is 22.4 Å². The number of hydrogen-bond donors (Lipinski definition) is 1. The van der Waals surface area contributed by atoms with E-state index in [-0.39, 0.29) is 13.0 Å². The molecule has 9 heteroatoms. The Bertz CT molecular complexity index is 925. The minimum atomic E-state index is -4.47. The molecule has 1 atom stereocenters. The van der Waals surface area contributed by atoms with Gasteiger partial charge in [-0.05, 0) is 36.5 Å². The van der Waals surface area contributed by atoms with Crippen LogP contribution < -0.4 is 5.32 Å². The molecule has 0 saturated carbocycles. The van der Waals surface area contributed by atoms with Gasteiger partial charge in [-0.2, -0.15) is 13.2 Å². The van der Waals surface area contributed by atoms with Gasteiger partial charge < -0.3 is 10.2 Å². The summed E-state index contributed by atoms with van der Waals surface area (Å²) in [6.07, 6.45) is -1.38. The van der Waals surface area contributed by atoms with Crippen LogP contribution in [0.1, 0.15) is 24.0 Å². The van der Waals surface area contributed by atoms with E-state index in [4.69, 9.17) is 0 Å². The van der Waals surface area contributed by atoms with Gasteiger partial charge in [0.25, 0.3) is 0 Å². The standard InChI is InChI=1S/C19H18F3N3O2S/c20-19(21,22)10-25-8-14(7-16(25)26)17(27)24-18-23-15(9-28-18)13-5-4-11-2-1-3-12(11)6-13/h4-6,9,14H,1-3,7-8,10H2,(H,23,24,27). The molecule has 1 aliphatic heterocycles. The maximum atomic E-state index is 12.5. The van der Waals surface area contributed by atoms with Gasteiger partial charge in [0.1, 0.15) is 6.54 Å². The van der Waals surface area contributed by atoms with E-state index in [1.807, 2.05) is 11.4 Å². The summed E-state index contributed by atoms with van der Waals surface area (Å²) in [4.78, 5) is 29.2. The summed E-state index contributed by atoms with van der Waals surface area (Å²) in [5, 5.41) is 4.85. The van der Waals surface area contributed by atoms with Crippen LogP contribution in [0.2, 0.25) is 0 Å². The van der Waals surface area contributed by atoms with Gasteiger partial charge in [0.2, 0.25) is 11.8 Å². The predicted octanol–water partition coefficient (Wildman–Crippen LogP) is 3.65. The highest BCUT2D eigenvalue weighted by Gasteiger charge is 2.40. The fourth-order valence-electron chi connectivity index (χ4n) is 3.72. The van der Waals surface area contributed by atoms with E-state index in [9.17, 15) is 22.8 Å². The molecular weight excluding hydrogens is 391 g/mol. The first-order valence-corrected chi connectivity index (χ1v) is 9.89. The Labute approximate surface area is 163 Å². The van der Waals surface area contributed by atoms with Crippen molar-refractivity contribution in [1.82, 2.24) is 9.88 Å². The molecule has 1 aromatic carbocycles. The number of halogens is 3. The van der Waals surface area contributed by atoms with Crippen molar-refractivity contribution in [2.24, 2.45) is 5.92 Å². The number of anilines is 1. The molecule has 148 valence electrons. The third-order valence-corrected chi connectivity index (χ3v) is 5.84. The van der Waals surface area contributed by atoms with Crippen molar-refractivity contribution >= 4 is 28.3 Å². The highest BCUT2D eigenvalue weighted by Crippen LogP contribution is 2.31. The van der Waals surface area contributed by atoms with Crippen LogP contribution in [0.15, 0.2) is 23.6 Å². The van der Waals surface area contributed by atoms with E-state index in [0.717, 1.165) is 30.5 Å². The van der Waals surface area contributed by atoms with Gasteiger partial charge in [-0.3, -0.25) is 9.59 Å². The molecule has 2 aliphatic rings. The Morgan fingerprint density at radius 3 is 2.86 bits per heavy atom. The summed E-state index contributed by atoms with van der Waals surface area (Å²) in [6.45, 7) is -1.55. The van der Waals surface area contributed by atoms with E-state index in [1.165, 1.54) is 22.5 Å². The van der Waals surface area contributed by atoms with E-state index in [1.54, 1.807) is 0 Å². The topological polar surface area (TPSA) is 62.3 Å². The van der Waals surface area contributed by atoms with Gasteiger partial charge in [0.15, 0.2) is 5.13 Å². The number of nitrogens with one attached hydrogen (secondary N) is 1. The average Bonchev–Trinajstić information content (AvgIpc) is 3.33. The molecule has 5 nitrogen and oxygen atoms in total. The number of aromatic nitrogens is 1. The Hall–Kier alpha value is -2.42. The van der Waals surface area contributed by atoms with Crippen molar-refractivity contribution in [3.05, 3.63) is 34.7 Å². The smallest absolute Gasteiger partial charge is 0.333 e. The van der Waals surface area contributed by atoms with Crippen LogP contribution in [0.5, 0.6) is 0 Å². The van der Waals surface area contributed by atoms with Crippen molar-refractivity contribution < 1.29 is 22.8 Å². The Morgan fingerprint density at radius 2 is 2.07 bits per heavy atom. The number of carbonyl (C=O) groups excluding carboxylic acids is 2. The monoisotopic (exact) mass is 409 g/mol. The highest BCUT2D eigenvalue weighted by molar-refractivity contribution is 7.14. The first kappa shape index (κ1) is 18.9. The Morgan fingerprint density at radius 1 is 1.29 bits per heavy atom. The van der Waals surface area contributed by atoms with Crippen molar-refractivity contribution in [1.29, 1.82) is 0 Å². The third-order valence-electron chi connectivity index (χ3n) is 5.08. The van der Waals surface area contributed by atoms with Gasteiger partial charge in [-0.1, -0.05) is 12.1 Å². The predicted molar refractivity (Wildman–Crippen MR) is 98.9 cm³/mol. The molecule has 0 bridgehead atoms. The molecule has 28 heavy (non-hydrogen) atoms. The number of fused-ring (bicyclic) bond motifs is 1. The second-order valence-electron chi connectivity index (χ2n) is 7.15. The number of thiazole rings is 1. The fourth-order valence-corrected chi connectivity index (χ4v) is 4.44. The lowest BCUT2D eigenvalue weighted by Crippen LogP contribution is -2.36. The molecule has 0 radical (unpaired) electrons. The van der Waals surface area contributed by atoms with Gasteiger partial charge in [-0.15, -0.1) is 11.3 Å². The van der Waals surface area contributed by atoms with Gasteiger partial charge in [-0.25, -0.2) is 4.98 Å². The SMILES string of the molecule is O=C(Nc1nc(-c2ccc3c(c2)CCC3)cs1)C1CC(=O)N(CC(F)(F)F)C1. The second-order valence-corrected chi connectivity index (χ2v) is 8.01. The quantitative estimate of drug-likeness (QED) is 0.839. The normalized spacial score (nSPS) is 19.2. The molecular formula is C19H18F3N3O2S. The summed E-state index contributed by atoms with van der Waals surface area (Å²) in [7, 11) is 0. The van der Waals surface area contributed by atoms with E-state index >= 15 is 0 Å². The zero-order valence-corrected chi connectivity index (χ0v) is 15.7. The minimum Gasteiger partial charge on any atom is -0.333 e. The zero-order chi connectivity index (χ0) is 19.9. The van der Waals surface area contributed by atoms with Crippen LogP contribution in [-0.2, 0) is 22.4 Å². The van der Waals surface area contributed by atoms with Crippen LogP contribution >= 0.6 is 11.3 Å². The van der Waals surface area contributed by atoms with Crippen molar-refractivity contribution in [2.75, 3.05) is 18.4 Å². The molecule has 0 spiro atoms. The molecule has 2 amide bonds. The van der Waals surface area contributed by atoms with Crippen LogP contribution in [0.3, 0.4) is 0 Å². The molecule has 1 saturated heterocycles. The van der Waals surface area contributed by atoms with Crippen LogP contribution in [-0.4, -0.2) is 41.0 Å². The number of likely N-dealkylation sites (tertiary alicyclic amines) is 1. The van der Waals surface area contributed by atoms with Gasteiger partial charge in [0.05, 0.1) is 11.6 Å². The number of benzene rings is 1. The molecule has 2 aromatic rings. The molecule has 1 fully saturated rings. The number of aryl methyl sites for hydroxylation is 2. The summed E-state index contributed by atoms with van der Waals surface area (Å²) in [6, 6.07) is 6.23. The highest BCUT2D eigenvalue weighted by atomic mass is 32.1. The number of alkyl halides is 3. The number of hydrogen-bond acceptors (Lipinski definition) is 4. The summed E-state index contributed by atoms with van der Waals surface area (Å²) < 4.78 is 37.5. The summed E-state index contributed by atoms with van der Waals surface area (Å²) in [5.41, 5.74) is 4.41. The maximum Gasteiger partial charge on any atom is 0.406 e. The Kier molecular flexibility index (Phi) is 4.86. The average molecular weight is 409 g/mol. The minimum absolute atomic E-state index is 0.217. The van der Waals surface area contributed by atoms with Crippen molar-refractivity contribution in [3.63, 3.8) is 0 Å². The first-order chi connectivity index (χ1) is 13.3. The largest absolute Gasteiger partial charge is 0.406 e. The molecule has 1 N–H and O–H groups in total. The second kappa shape index (κ2) is 7.20. The fraction of sp³-hybridized carbons (Fsp3) is 0.421. The van der Waals surface area contributed by atoms with Crippen LogP contribution in [0.4, 0.5) is 18.3 Å². The van der Waals surface area contributed by atoms with Crippen molar-refractivity contribution in [2.45, 2.75) is 31.9 Å². The number of carbonyl (C=O) groups is 2. The Balaban J connectivity index is 1.40. The molecule has 1 aromatic heterocycles.